The van der Waals surface area contributed by atoms with Crippen molar-refractivity contribution in [1.82, 2.24) is 14.9 Å². The topological polar surface area (TPSA) is 29.9 Å². The summed E-state index contributed by atoms with van der Waals surface area (Å²) in [5, 5.41) is 5.86. The third-order valence-corrected chi connectivity index (χ3v) is 5.19. The van der Waals surface area contributed by atoms with Gasteiger partial charge in [0.05, 0.1) is 17.1 Å². The van der Waals surface area contributed by atoms with Crippen LogP contribution in [0, 0.1) is 0 Å². The van der Waals surface area contributed by atoms with Crippen LogP contribution in [0.15, 0.2) is 35.7 Å². The number of fused-ring (bicyclic) bond motifs is 2. The summed E-state index contributed by atoms with van der Waals surface area (Å²) in [6.07, 6.45) is 1.13. The summed E-state index contributed by atoms with van der Waals surface area (Å²) in [7, 11) is 0. The van der Waals surface area contributed by atoms with E-state index in [0.717, 1.165) is 24.3 Å². The van der Waals surface area contributed by atoms with Crippen LogP contribution in [-0.4, -0.2) is 16.1 Å². The molecule has 0 saturated carbocycles. The SMILES string of the molecule is CC(C)n1c(C2NCCc3sccc32)nc2ccccc21. The molecule has 0 saturated heterocycles. The molecule has 1 atom stereocenters. The van der Waals surface area contributed by atoms with Gasteiger partial charge in [0, 0.05) is 17.5 Å². The van der Waals surface area contributed by atoms with Gasteiger partial charge in [-0.15, -0.1) is 11.3 Å². The van der Waals surface area contributed by atoms with Crippen molar-refractivity contribution in [3.05, 3.63) is 52.0 Å². The van der Waals surface area contributed by atoms with E-state index >= 15 is 0 Å². The molecule has 4 heteroatoms. The van der Waals surface area contributed by atoms with Crippen LogP contribution in [0.2, 0.25) is 0 Å². The van der Waals surface area contributed by atoms with Crippen LogP contribution in [0.3, 0.4) is 0 Å². The Morgan fingerprint density at radius 1 is 1.29 bits per heavy atom. The number of nitrogens with one attached hydrogen (secondary N) is 1. The number of nitrogens with zero attached hydrogens (tertiary/aromatic N) is 2. The van der Waals surface area contributed by atoms with Crippen LogP contribution in [0.5, 0.6) is 0 Å². The second-order valence-corrected chi connectivity index (χ2v) is 6.86. The average molecular weight is 297 g/mol. The maximum absolute atomic E-state index is 4.94. The zero-order chi connectivity index (χ0) is 14.4. The van der Waals surface area contributed by atoms with Crippen molar-refractivity contribution in [1.29, 1.82) is 0 Å². The van der Waals surface area contributed by atoms with Crippen molar-refractivity contribution in [2.75, 3.05) is 6.54 Å². The van der Waals surface area contributed by atoms with Crippen LogP contribution in [-0.2, 0) is 6.42 Å². The van der Waals surface area contributed by atoms with Crippen LogP contribution in [0.4, 0.5) is 0 Å². The van der Waals surface area contributed by atoms with E-state index < -0.39 is 0 Å². The van der Waals surface area contributed by atoms with Gasteiger partial charge in [-0.1, -0.05) is 12.1 Å². The van der Waals surface area contributed by atoms with Crippen molar-refractivity contribution < 1.29 is 0 Å². The molecule has 108 valence electrons. The average Bonchev–Trinajstić information content (AvgIpc) is 3.10. The predicted octanol–water partition coefficient (Wildman–Crippen LogP) is 3.91. The first kappa shape index (κ1) is 13.0. The number of aromatic nitrogens is 2. The monoisotopic (exact) mass is 297 g/mol. The molecule has 1 aromatic carbocycles. The number of rotatable bonds is 2. The third kappa shape index (κ3) is 2.01. The highest BCUT2D eigenvalue weighted by atomic mass is 32.1. The molecule has 1 unspecified atom stereocenters. The summed E-state index contributed by atoms with van der Waals surface area (Å²) in [5.74, 6) is 1.14. The molecule has 0 aliphatic carbocycles. The summed E-state index contributed by atoms with van der Waals surface area (Å²) < 4.78 is 2.37. The molecule has 1 N–H and O–H groups in total. The molecular weight excluding hydrogens is 278 g/mol. The summed E-state index contributed by atoms with van der Waals surface area (Å²) >= 11 is 1.87. The lowest BCUT2D eigenvalue weighted by atomic mass is 10.0. The van der Waals surface area contributed by atoms with E-state index in [1.165, 1.54) is 16.0 Å². The van der Waals surface area contributed by atoms with Gasteiger partial charge in [0.2, 0.25) is 0 Å². The molecule has 2 aromatic heterocycles. The zero-order valence-electron chi connectivity index (χ0n) is 12.3. The van der Waals surface area contributed by atoms with E-state index in [4.69, 9.17) is 4.98 Å². The van der Waals surface area contributed by atoms with Crippen LogP contribution in [0.1, 0.15) is 42.2 Å². The van der Waals surface area contributed by atoms with Gasteiger partial charge >= 0.3 is 0 Å². The minimum Gasteiger partial charge on any atom is -0.324 e. The van der Waals surface area contributed by atoms with Crippen molar-refractivity contribution >= 4 is 22.4 Å². The largest absolute Gasteiger partial charge is 0.324 e. The predicted molar refractivity (Wildman–Crippen MR) is 88.0 cm³/mol. The molecule has 1 aliphatic heterocycles. The molecule has 3 heterocycles. The molecule has 0 spiro atoms. The quantitative estimate of drug-likeness (QED) is 0.777. The molecular formula is C17H19N3S. The summed E-state index contributed by atoms with van der Waals surface area (Å²) in [6.45, 7) is 5.49. The fourth-order valence-electron chi connectivity index (χ4n) is 3.29. The number of benzene rings is 1. The van der Waals surface area contributed by atoms with Crippen LogP contribution < -0.4 is 5.32 Å². The summed E-state index contributed by atoms with van der Waals surface area (Å²) in [5.41, 5.74) is 3.72. The Morgan fingerprint density at radius 2 is 2.14 bits per heavy atom. The standard InChI is InChI=1S/C17H19N3S/c1-11(2)20-14-6-4-3-5-13(14)19-17(20)16-12-8-10-21-15(12)7-9-18-16/h3-6,8,10-11,16,18H,7,9H2,1-2H3. The third-order valence-electron chi connectivity index (χ3n) is 4.19. The molecule has 0 amide bonds. The van der Waals surface area contributed by atoms with Crippen LogP contribution >= 0.6 is 11.3 Å². The van der Waals surface area contributed by atoms with Gasteiger partial charge in [-0.05, 0) is 49.4 Å². The highest BCUT2D eigenvalue weighted by Crippen LogP contribution is 2.34. The van der Waals surface area contributed by atoms with Gasteiger partial charge in [0.25, 0.3) is 0 Å². The number of thiophene rings is 1. The first-order chi connectivity index (χ1) is 10.3. The summed E-state index contributed by atoms with van der Waals surface area (Å²) in [6, 6.07) is 11.3. The van der Waals surface area contributed by atoms with Gasteiger partial charge < -0.3 is 9.88 Å². The molecule has 3 nitrogen and oxygen atoms in total. The van der Waals surface area contributed by atoms with Gasteiger partial charge in [0.1, 0.15) is 5.82 Å². The van der Waals surface area contributed by atoms with Crippen molar-refractivity contribution in [2.24, 2.45) is 0 Å². The lowest BCUT2D eigenvalue weighted by molar-refractivity contribution is 0.498. The lowest BCUT2D eigenvalue weighted by Crippen LogP contribution is -2.31. The molecule has 0 bridgehead atoms. The van der Waals surface area contributed by atoms with E-state index in [9.17, 15) is 0 Å². The van der Waals surface area contributed by atoms with Gasteiger partial charge in [-0.2, -0.15) is 0 Å². The van der Waals surface area contributed by atoms with Crippen molar-refractivity contribution in [2.45, 2.75) is 32.4 Å². The minimum absolute atomic E-state index is 0.217. The molecule has 1 aliphatic rings. The molecule has 21 heavy (non-hydrogen) atoms. The van der Waals surface area contributed by atoms with Gasteiger partial charge in [-0.3, -0.25) is 0 Å². The number of imidazole rings is 1. The van der Waals surface area contributed by atoms with Crippen molar-refractivity contribution in [3.8, 4) is 0 Å². The Kier molecular flexibility index (Phi) is 3.08. The molecule has 4 rings (SSSR count). The second-order valence-electron chi connectivity index (χ2n) is 5.86. The number of hydrogen-bond donors (Lipinski definition) is 1. The van der Waals surface area contributed by atoms with Gasteiger partial charge in [-0.25, -0.2) is 4.98 Å². The van der Waals surface area contributed by atoms with Crippen molar-refractivity contribution in [3.63, 3.8) is 0 Å². The van der Waals surface area contributed by atoms with Crippen LogP contribution in [0.25, 0.3) is 11.0 Å². The maximum atomic E-state index is 4.94. The number of para-hydroxylation sites is 2. The second kappa shape index (κ2) is 4.97. The van der Waals surface area contributed by atoms with E-state index in [-0.39, 0.29) is 6.04 Å². The Balaban J connectivity index is 1.94. The zero-order valence-corrected chi connectivity index (χ0v) is 13.2. The fraction of sp³-hybridized carbons (Fsp3) is 0.353. The highest BCUT2D eigenvalue weighted by Gasteiger charge is 2.27. The fourth-order valence-corrected chi connectivity index (χ4v) is 4.21. The Bertz CT molecular complexity index is 784. The summed E-state index contributed by atoms with van der Waals surface area (Å²) in [4.78, 5) is 6.44. The Morgan fingerprint density at radius 3 is 3.00 bits per heavy atom. The first-order valence-corrected chi connectivity index (χ1v) is 8.40. The smallest absolute Gasteiger partial charge is 0.131 e. The number of hydrogen-bond acceptors (Lipinski definition) is 3. The maximum Gasteiger partial charge on any atom is 0.131 e. The first-order valence-electron chi connectivity index (χ1n) is 7.52. The lowest BCUT2D eigenvalue weighted by Gasteiger charge is -2.26. The van der Waals surface area contributed by atoms with E-state index in [1.807, 2.05) is 11.3 Å². The highest BCUT2D eigenvalue weighted by molar-refractivity contribution is 7.10. The van der Waals surface area contributed by atoms with E-state index in [2.05, 4.69) is 59.4 Å². The van der Waals surface area contributed by atoms with Gasteiger partial charge in [0.15, 0.2) is 0 Å². The Hall–Kier alpha value is -1.65. The normalized spacial score (nSPS) is 18.3. The minimum atomic E-state index is 0.217. The molecule has 3 aromatic rings. The molecule has 0 fully saturated rings. The van der Waals surface area contributed by atoms with E-state index in [0.29, 0.717) is 6.04 Å². The Labute approximate surface area is 128 Å². The molecule has 0 radical (unpaired) electrons. The van der Waals surface area contributed by atoms with E-state index in [1.54, 1.807) is 0 Å².